The molecule has 7 nitrogen and oxygen atoms in total. The fourth-order valence-corrected chi connectivity index (χ4v) is 3.83. The van der Waals surface area contributed by atoms with Gasteiger partial charge in [-0.3, -0.25) is 4.79 Å². The lowest BCUT2D eigenvalue weighted by Gasteiger charge is -2.30. The molecule has 1 aliphatic carbocycles. The summed E-state index contributed by atoms with van der Waals surface area (Å²) in [7, 11) is 1.37. The molecule has 3 heterocycles. The van der Waals surface area contributed by atoms with Gasteiger partial charge in [0.2, 0.25) is 0 Å². The van der Waals surface area contributed by atoms with E-state index in [1.165, 1.54) is 7.11 Å². The number of carbonyl (C=O) groups is 1. The fraction of sp³-hybridized carbons (Fsp3) is 0.368. The van der Waals surface area contributed by atoms with E-state index in [2.05, 4.69) is 25.3 Å². The number of hydrogen-bond donors (Lipinski definition) is 2. The summed E-state index contributed by atoms with van der Waals surface area (Å²) >= 11 is 6.05. The van der Waals surface area contributed by atoms with Crippen molar-refractivity contribution in [2.45, 2.75) is 31.7 Å². The average molecular weight is 404 g/mol. The van der Waals surface area contributed by atoms with E-state index in [9.17, 15) is 9.18 Å². The van der Waals surface area contributed by atoms with Crippen molar-refractivity contribution in [2.24, 2.45) is 5.92 Å². The molecule has 0 spiro atoms. The van der Waals surface area contributed by atoms with Crippen LogP contribution in [0.25, 0.3) is 22.4 Å². The van der Waals surface area contributed by atoms with Crippen molar-refractivity contribution in [1.29, 1.82) is 0 Å². The molecule has 0 bridgehead atoms. The van der Waals surface area contributed by atoms with Crippen molar-refractivity contribution in [3.05, 3.63) is 35.5 Å². The lowest BCUT2D eigenvalue weighted by molar-refractivity contribution is -0.146. The Morgan fingerprint density at radius 1 is 1.32 bits per heavy atom. The molecule has 0 amide bonds. The highest BCUT2D eigenvalue weighted by molar-refractivity contribution is 6.31. The molecule has 4 rings (SSSR count). The quantitative estimate of drug-likeness (QED) is 0.640. The summed E-state index contributed by atoms with van der Waals surface area (Å²) < 4.78 is 19.3. The monoisotopic (exact) mass is 403 g/mol. The molecule has 0 saturated heterocycles. The molecule has 0 unspecified atom stereocenters. The van der Waals surface area contributed by atoms with E-state index in [4.69, 9.17) is 16.3 Å². The van der Waals surface area contributed by atoms with Crippen LogP contribution in [0.1, 0.15) is 25.7 Å². The summed E-state index contributed by atoms with van der Waals surface area (Å²) in [5, 5.41) is 4.33. The van der Waals surface area contributed by atoms with Gasteiger partial charge in [0.15, 0.2) is 17.5 Å². The highest BCUT2D eigenvalue weighted by Crippen LogP contribution is 2.31. The molecule has 0 aromatic carbocycles. The summed E-state index contributed by atoms with van der Waals surface area (Å²) in [6.07, 6.45) is 7.72. The van der Waals surface area contributed by atoms with E-state index in [1.54, 1.807) is 18.5 Å². The van der Waals surface area contributed by atoms with E-state index in [0.29, 0.717) is 28.5 Å². The van der Waals surface area contributed by atoms with Crippen LogP contribution in [-0.2, 0) is 9.53 Å². The molecule has 28 heavy (non-hydrogen) atoms. The standard InChI is InChI=1S/C19H19ClFN5O2/c1-28-19(27)11-4-2-3-5-15(11)25-18-14(21)9-24-17(26-18)13-8-23-16-12(13)6-10(20)7-22-16/h6-9,11,15H,2-5H2,1H3,(H,22,23)(H,24,25,26)/t11-,15-/m0/s1. The Morgan fingerprint density at radius 2 is 2.14 bits per heavy atom. The maximum Gasteiger partial charge on any atom is 0.310 e. The van der Waals surface area contributed by atoms with Crippen LogP contribution in [0.5, 0.6) is 0 Å². The van der Waals surface area contributed by atoms with Gasteiger partial charge in [0.1, 0.15) is 5.65 Å². The third kappa shape index (κ3) is 3.52. The predicted molar refractivity (Wildman–Crippen MR) is 103 cm³/mol. The third-order valence-corrected chi connectivity index (χ3v) is 5.28. The second-order valence-corrected chi connectivity index (χ2v) is 7.24. The number of pyridine rings is 1. The number of aromatic amines is 1. The minimum atomic E-state index is -0.575. The first-order valence-electron chi connectivity index (χ1n) is 9.06. The van der Waals surface area contributed by atoms with Gasteiger partial charge in [-0.05, 0) is 18.9 Å². The largest absolute Gasteiger partial charge is 0.469 e. The molecule has 0 radical (unpaired) electrons. The smallest absolute Gasteiger partial charge is 0.310 e. The minimum absolute atomic E-state index is 0.0649. The van der Waals surface area contributed by atoms with Crippen molar-refractivity contribution in [3.63, 3.8) is 0 Å². The van der Waals surface area contributed by atoms with E-state index in [-0.39, 0.29) is 23.7 Å². The number of fused-ring (bicyclic) bond motifs is 1. The Labute approximate surface area is 165 Å². The van der Waals surface area contributed by atoms with Crippen molar-refractivity contribution in [1.82, 2.24) is 19.9 Å². The van der Waals surface area contributed by atoms with Crippen LogP contribution in [0.4, 0.5) is 10.2 Å². The zero-order valence-electron chi connectivity index (χ0n) is 15.2. The number of ether oxygens (including phenoxy) is 1. The van der Waals surface area contributed by atoms with E-state index >= 15 is 0 Å². The summed E-state index contributed by atoms with van der Waals surface area (Å²) in [6.45, 7) is 0. The maximum absolute atomic E-state index is 14.4. The average Bonchev–Trinajstić information content (AvgIpc) is 3.12. The first-order chi connectivity index (χ1) is 13.6. The number of H-pyrrole nitrogens is 1. The summed E-state index contributed by atoms with van der Waals surface area (Å²) in [6, 6.07) is 1.52. The number of esters is 1. The Balaban J connectivity index is 1.67. The number of carbonyl (C=O) groups excluding carboxylic acids is 1. The zero-order valence-corrected chi connectivity index (χ0v) is 16.0. The number of methoxy groups -OCH3 is 1. The maximum atomic E-state index is 14.4. The normalized spacial score (nSPS) is 19.5. The molecule has 146 valence electrons. The molecule has 2 atom stereocenters. The fourth-order valence-electron chi connectivity index (χ4n) is 3.67. The lowest BCUT2D eigenvalue weighted by Crippen LogP contribution is -2.38. The van der Waals surface area contributed by atoms with Gasteiger partial charge in [-0.25, -0.2) is 19.3 Å². The van der Waals surface area contributed by atoms with Gasteiger partial charge < -0.3 is 15.0 Å². The van der Waals surface area contributed by atoms with Gasteiger partial charge in [0, 0.05) is 29.4 Å². The molecule has 1 fully saturated rings. The number of rotatable bonds is 4. The van der Waals surface area contributed by atoms with Gasteiger partial charge in [-0.15, -0.1) is 0 Å². The highest BCUT2D eigenvalue weighted by Gasteiger charge is 2.32. The molecule has 2 N–H and O–H groups in total. The van der Waals surface area contributed by atoms with E-state index in [1.807, 2.05) is 0 Å². The van der Waals surface area contributed by atoms with E-state index in [0.717, 1.165) is 30.8 Å². The zero-order chi connectivity index (χ0) is 19.7. The van der Waals surface area contributed by atoms with Crippen LogP contribution in [-0.4, -0.2) is 39.1 Å². The molecule has 1 aliphatic rings. The van der Waals surface area contributed by atoms with Crippen LogP contribution >= 0.6 is 11.6 Å². The number of nitrogens with one attached hydrogen (secondary N) is 2. The molecule has 9 heteroatoms. The van der Waals surface area contributed by atoms with Gasteiger partial charge in [-0.1, -0.05) is 24.4 Å². The second kappa shape index (κ2) is 7.71. The van der Waals surface area contributed by atoms with Crippen molar-refractivity contribution < 1.29 is 13.9 Å². The number of aromatic nitrogens is 4. The molecular weight excluding hydrogens is 385 g/mol. The highest BCUT2D eigenvalue weighted by atomic mass is 35.5. The molecule has 0 aliphatic heterocycles. The van der Waals surface area contributed by atoms with Gasteiger partial charge in [-0.2, -0.15) is 0 Å². The number of halogens is 2. The Kier molecular flexibility index (Phi) is 5.13. The number of anilines is 1. The van der Waals surface area contributed by atoms with Crippen LogP contribution < -0.4 is 5.32 Å². The van der Waals surface area contributed by atoms with Crippen molar-refractivity contribution >= 4 is 34.4 Å². The summed E-state index contributed by atoms with van der Waals surface area (Å²) in [4.78, 5) is 27.8. The van der Waals surface area contributed by atoms with Crippen LogP contribution in [0.3, 0.4) is 0 Å². The van der Waals surface area contributed by atoms with Gasteiger partial charge in [0.25, 0.3) is 0 Å². The predicted octanol–water partition coefficient (Wildman–Crippen LogP) is 3.96. The second-order valence-electron chi connectivity index (χ2n) is 6.81. The van der Waals surface area contributed by atoms with Crippen LogP contribution in [0.2, 0.25) is 5.02 Å². The number of nitrogens with zero attached hydrogens (tertiary/aromatic N) is 3. The Morgan fingerprint density at radius 3 is 2.96 bits per heavy atom. The third-order valence-electron chi connectivity index (χ3n) is 5.07. The first-order valence-corrected chi connectivity index (χ1v) is 9.44. The molecule has 3 aromatic rings. The van der Waals surface area contributed by atoms with Crippen molar-refractivity contribution in [3.8, 4) is 11.4 Å². The SMILES string of the molecule is COC(=O)[C@H]1CCCC[C@@H]1Nc1nc(-c2c[nH]c3ncc(Cl)cc23)ncc1F. The van der Waals surface area contributed by atoms with Crippen LogP contribution in [0.15, 0.2) is 24.7 Å². The Hall–Kier alpha value is -2.74. The molecular formula is C19H19ClFN5O2. The first kappa shape index (κ1) is 18.6. The van der Waals surface area contributed by atoms with Gasteiger partial charge in [0.05, 0.1) is 24.2 Å². The topological polar surface area (TPSA) is 92.8 Å². The lowest BCUT2D eigenvalue weighted by atomic mass is 9.84. The summed E-state index contributed by atoms with van der Waals surface area (Å²) in [5.74, 6) is -0.786. The molecule has 3 aromatic heterocycles. The van der Waals surface area contributed by atoms with Crippen molar-refractivity contribution in [2.75, 3.05) is 12.4 Å². The number of hydrogen-bond acceptors (Lipinski definition) is 6. The van der Waals surface area contributed by atoms with E-state index < -0.39 is 5.82 Å². The molecule has 1 saturated carbocycles. The summed E-state index contributed by atoms with van der Waals surface area (Å²) in [5.41, 5.74) is 1.31. The van der Waals surface area contributed by atoms with Crippen LogP contribution in [0, 0.1) is 11.7 Å². The minimum Gasteiger partial charge on any atom is -0.469 e. The van der Waals surface area contributed by atoms with Gasteiger partial charge >= 0.3 is 5.97 Å². The Bertz CT molecular complexity index is 1020.